The maximum absolute atomic E-state index is 4.34. The average Bonchev–Trinajstić information content (AvgIpc) is 2.92. The monoisotopic (exact) mass is 272 g/mol. The third-order valence-electron chi connectivity index (χ3n) is 4.60. The van der Waals surface area contributed by atoms with Gasteiger partial charge in [-0.05, 0) is 44.7 Å². The minimum atomic E-state index is 0.226. The lowest BCUT2D eigenvalue weighted by Crippen LogP contribution is -2.37. The molecule has 2 aromatic heterocycles. The van der Waals surface area contributed by atoms with E-state index in [1.165, 1.54) is 32.1 Å². The van der Waals surface area contributed by atoms with Crippen molar-refractivity contribution >= 4 is 5.65 Å². The van der Waals surface area contributed by atoms with Crippen LogP contribution in [0.1, 0.15) is 57.8 Å². The molecule has 108 valence electrons. The molecule has 3 rings (SSSR count). The molecule has 0 aromatic carbocycles. The first-order valence-corrected chi connectivity index (χ1v) is 7.81. The van der Waals surface area contributed by atoms with Gasteiger partial charge >= 0.3 is 0 Å². The van der Waals surface area contributed by atoms with Crippen LogP contribution in [0.5, 0.6) is 0 Å². The van der Waals surface area contributed by atoms with E-state index < -0.39 is 0 Å². The van der Waals surface area contributed by atoms with E-state index in [2.05, 4.69) is 33.8 Å². The lowest BCUT2D eigenvalue weighted by molar-refractivity contribution is 0.265. The molecule has 2 heterocycles. The Morgan fingerprint density at radius 2 is 1.95 bits per heavy atom. The summed E-state index contributed by atoms with van der Waals surface area (Å²) >= 11 is 0. The predicted molar refractivity (Wildman–Crippen MR) is 80.6 cm³/mol. The zero-order valence-electron chi connectivity index (χ0n) is 12.4. The van der Waals surface area contributed by atoms with Crippen LogP contribution in [0.2, 0.25) is 0 Å². The van der Waals surface area contributed by atoms with Gasteiger partial charge in [-0.1, -0.05) is 25.3 Å². The summed E-state index contributed by atoms with van der Waals surface area (Å²) in [5.74, 6) is 1.81. The molecule has 0 spiro atoms. The van der Waals surface area contributed by atoms with Crippen molar-refractivity contribution < 1.29 is 0 Å². The number of hydrogen-bond donors (Lipinski definition) is 1. The Balaban J connectivity index is 1.70. The molecule has 20 heavy (non-hydrogen) atoms. The number of rotatable bonds is 4. The summed E-state index contributed by atoms with van der Waals surface area (Å²) < 4.78 is 2.07. The standard InChI is InChI=1S/C16H24N4/c1-12(14-8-4-3-5-9-14)17-13(2)16-19-18-15-10-6-7-11-20(15)16/h6-7,10-14,17H,3-5,8-9H2,1-2H3. The molecule has 1 aliphatic rings. The van der Waals surface area contributed by atoms with E-state index in [9.17, 15) is 0 Å². The van der Waals surface area contributed by atoms with E-state index >= 15 is 0 Å². The highest BCUT2D eigenvalue weighted by Crippen LogP contribution is 2.27. The molecule has 4 nitrogen and oxygen atoms in total. The second-order valence-electron chi connectivity index (χ2n) is 6.06. The quantitative estimate of drug-likeness (QED) is 0.928. The first-order valence-electron chi connectivity index (χ1n) is 7.81. The first kappa shape index (κ1) is 13.6. The molecule has 0 bridgehead atoms. The van der Waals surface area contributed by atoms with Crippen LogP contribution in [0, 0.1) is 5.92 Å². The smallest absolute Gasteiger partial charge is 0.160 e. The first-order chi connectivity index (χ1) is 9.75. The summed E-state index contributed by atoms with van der Waals surface area (Å²) in [6, 6.07) is 6.78. The summed E-state index contributed by atoms with van der Waals surface area (Å²) in [5.41, 5.74) is 0.918. The molecule has 0 radical (unpaired) electrons. The molecule has 1 fully saturated rings. The maximum atomic E-state index is 4.34. The molecule has 2 aromatic rings. The zero-order valence-corrected chi connectivity index (χ0v) is 12.4. The van der Waals surface area contributed by atoms with Crippen molar-refractivity contribution in [2.75, 3.05) is 0 Å². The van der Waals surface area contributed by atoms with Crippen LogP contribution in [0.15, 0.2) is 24.4 Å². The Morgan fingerprint density at radius 1 is 1.15 bits per heavy atom. The van der Waals surface area contributed by atoms with Gasteiger partial charge in [-0.2, -0.15) is 0 Å². The molecule has 1 N–H and O–H groups in total. The van der Waals surface area contributed by atoms with E-state index in [0.29, 0.717) is 6.04 Å². The molecular formula is C16H24N4. The highest BCUT2D eigenvalue weighted by atomic mass is 15.3. The molecule has 2 unspecified atom stereocenters. The summed E-state index contributed by atoms with van der Waals surface area (Å²) in [4.78, 5) is 0. The van der Waals surface area contributed by atoms with E-state index in [1.54, 1.807) is 0 Å². The van der Waals surface area contributed by atoms with Crippen molar-refractivity contribution in [1.29, 1.82) is 0 Å². The SMILES string of the molecule is CC(NC(C)C1CCCCC1)c1nnc2ccccn12. The van der Waals surface area contributed by atoms with Crippen molar-refractivity contribution in [2.24, 2.45) is 5.92 Å². The maximum Gasteiger partial charge on any atom is 0.160 e. The Morgan fingerprint density at radius 3 is 2.75 bits per heavy atom. The Hall–Kier alpha value is -1.42. The third kappa shape index (κ3) is 2.70. The van der Waals surface area contributed by atoms with Gasteiger partial charge in [-0.25, -0.2) is 0 Å². The Kier molecular flexibility index (Phi) is 4.01. The average molecular weight is 272 g/mol. The summed E-state index contributed by atoms with van der Waals surface area (Å²) in [5, 5.41) is 12.3. The molecule has 4 heteroatoms. The highest BCUT2D eigenvalue weighted by Gasteiger charge is 2.23. The second-order valence-corrected chi connectivity index (χ2v) is 6.06. The van der Waals surface area contributed by atoms with Gasteiger partial charge in [0.25, 0.3) is 0 Å². The molecule has 0 aliphatic heterocycles. The van der Waals surface area contributed by atoms with E-state index in [4.69, 9.17) is 0 Å². The van der Waals surface area contributed by atoms with Crippen LogP contribution >= 0.6 is 0 Å². The topological polar surface area (TPSA) is 42.2 Å². The van der Waals surface area contributed by atoms with Crippen LogP contribution in [-0.2, 0) is 0 Å². The van der Waals surface area contributed by atoms with E-state index in [0.717, 1.165) is 17.4 Å². The predicted octanol–water partition coefficient (Wildman–Crippen LogP) is 3.35. The van der Waals surface area contributed by atoms with Crippen molar-refractivity contribution in [3.05, 3.63) is 30.2 Å². The van der Waals surface area contributed by atoms with Gasteiger partial charge in [-0.15, -0.1) is 10.2 Å². The second kappa shape index (κ2) is 5.92. The van der Waals surface area contributed by atoms with Crippen LogP contribution in [0.3, 0.4) is 0 Å². The summed E-state index contributed by atoms with van der Waals surface area (Å²) in [7, 11) is 0. The number of hydrogen-bond acceptors (Lipinski definition) is 3. The lowest BCUT2D eigenvalue weighted by Gasteiger charge is -2.30. The summed E-state index contributed by atoms with van der Waals surface area (Å²) in [6.45, 7) is 4.50. The molecule has 1 aliphatic carbocycles. The third-order valence-corrected chi connectivity index (χ3v) is 4.60. The Bertz CT molecular complexity index is 556. The lowest BCUT2D eigenvalue weighted by atomic mass is 9.84. The molecule has 1 saturated carbocycles. The minimum absolute atomic E-state index is 0.226. The molecule has 2 atom stereocenters. The van der Waals surface area contributed by atoms with Gasteiger partial charge in [-0.3, -0.25) is 4.40 Å². The van der Waals surface area contributed by atoms with Crippen molar-refractivity contribution in [1.82, 2.24) is 19.9 Å². The fourth-order valence-electron chi connectivity index (χ4n) is 3.39. The van der Waals surface area contributed by atoms with Crippen LogP contribution in [-0.4, -0.2) is 20.6 Å². The Labute approximate surface area is 120 Å². The number of aromatic nitrogens is 3. The van der Waals surface area contributed by atoms with Gasteiger partial charge in [0.1, 0.15) is 0 Å². The van der Waals surface area contributed by atoms with Gasteiger partial charge in [0, 0.05) is 12.2 Å². The van der Waals surface area contributed by atoms with Gasteiger partial charge < -0.3 is 5.32 Å². The van der Waals surface area contributed by atoms with Crippen molar-refractivity contribution in [2.45, 2.75) is 58.0 Å². The van der Waals surface area contributed by atoms with E-state index in [-0.39, 0.29) is 6.04 Å². The number of nitrogens with zero attached hydrogens (tertiary/aromatic N) is 3. The molecule has 0 amide bonds. The van der Waals surface area contributed by atoms with Crippen LogP contribution in [0.4, 0.5) is 0 Å². The van der Waals surface area contributed by atoms with E-state index in [1.807, 2.05) is 24.4 Å². The van der Waals surface area contributed by atoms with Crippen molar-refractivity contribution in [3.8, 4) is 0 Å². The normalized spacial score (nSPS) is 20.1. The van der Waals surface area contributed by atoms with Crippen LogP contribution in [0.25, 0.3) is 5.65 Å². The van der Waals surface area contributed by atoms with Gasteiger partial charge in [0.05, 0.1) is 6.04 Å². The fraction of sp³-hybridized carbons (Fsp3) is 0.625. The molecular weight excluding hydrogens is 248 g/mol. The number of nitrogens with one attached hydrogen (secondary N) is 1. The molecule has 0 saturated heterocycles. The minimum Gasteiger partial charge on any atom is -0.305 e. The van der Waals surface area contributed by atoms with Crippen LogP contribution < -0.4 is 5.32 Å². The zero-order chi connectivity index (χ0) is 13.9. The largest absolute Gasteiger partial charge is 0.305 e. The van der Waals surface area contributed by atoms with Gasteiger partial charge in [0.15, 0.2) is 11.5 Å². The van der Waals surface area contributed by atoms with Crippen molar-refractivity contribution in [3.63, 3.8) is 0 Å². The highest BCUT2D eigenvalue weighted by molar-refractivity contribution is 5.37. The fourth-order valence-corrected chi connectivity index (χ4v) is 3.39. The number of pyridine rings is 1. The number of fused-ring (bicyclic) bond motifs is 1. The summed E-state index contributed by atoms with van der Waals surface area (Å²) in [6.07, 6.45) is 8.95. The van der Waals surface area contributed by atoms with Gasteiger partial charge in [0.2, 0.25) is 0 Å².